The van der Waals surface area contributed by atoms with Crippen LogP contribution in [0.25, 0.3) is 6.08 Å². The molecule has 3 amide bonds. The largest absolute Gasteiger partial charge is 0.478 e. The molecule has 160 valence electrons. The van der Waals surface area contributed by atoms with Crippen molar-refractivity contribution in [3.05, 3.63) is 82.8 Å². The van der Waals surface area contributed by atoms with Gasteiger partial charge in [0.15, 0.2) is 0 Å². The SMILES string of the molecule is O=C(O)c1ccc(N2C(=O)C[C@H](N3C(=O)/C(=C/C=C/c4ccccc4)SC3=S)C2=O)cc1. The maximum Gasteiger partial charge on any atom is 0.335 e. The maximum absolute atomic E-state index is 13.0. The van der Waals surface area contributed by atoms with Crippen LogP contribution in [0.4, 0.5) is 5.69 Å². The monoisotopic (exact) mass is 464 g/mol. The molecule has 7 nitrogen and oxygen atoms in total. The van der Waals surface area contributed by atoms with E-state index in [0.29, 0.717) is 4.91 Å². The number of hydrogen-bond acceptors (Lipinski definition) is 6. The molecule has 0 aliphatic carbocycles. The predicted octanol–water partition coefficient (Wildman–Crippen LogP) is 3.47. The van der Waals surface area contributed by atoms with Crippen LogP contribution in [-0.2, 0) is 14.4 Å². The van der Waals surface area contributed by atoms with Crippen LogP contribution in [-0.4, -0.2) is 44.1 Å². The Morgan fingerprint density at radius 2 is 1.75 bits per heavy atom. The van der Waals surface area contributed by atoms with Crippen molar-refractivity contribution in [2.24, 2.45) is 0 Å². The summed E-state index contributed by atoms with van der Waals surface area (Å²) in [7, 11) is 0. The van der Waals surface area contributed by atoms with E-state index >= 15 is 0 Å². The van der Waals surface area contributed by atoms with Crippen LogP contribution in [0.5, 0.6) is 0 Å². The van der Waals surface area contributed by atoms with Gasteiger partial charge in [-0.05, 0) is 35.9 Å². The molecule has 2 aromatic rings. The number of carboxylic acid groups (broad SMARTS) is 1. The minimum absolute atomic E-state index is 0.0371. The van der Waals surface area contributed by atoms with Crippen LogP contribution in [0.1, 0.15) is 22.3 Å². The van der Waals surface area contributed by atoms with Gasteiger partial charge in [-0.15, -0.1) is 0 Å². The second kappa shape index (κ2) is 8.89. The molecule has 2 fully saturated rings. The summed E-state index contributed by atoms with van der Waals surface area (Å²) in [6.07, 6.45) is 5.02. The van der Waals surface area contributed by atoms with Crippen molar-refractivity contribution >= 4 is 63.8 Å². The molecule has 0 bridgehead atoms. The van der Waals surface area contributed by atoms with Gasteiger partial charge in [0.2, 0.25) is 5.91 Å². The molecule has 1 atom stereocenters. The second-order valence-corrected chi connectivity index (χ2v) is 8.66. The minimum atomic E-state index is -1.11. The van der Waals surface area contributed by atoms with E-state index in [0.717, 1.165) is 22.2 Å². The second-order valence-electron chi connectivity index (χ2n) is 6.98. The summed E-state index contributed by atoms with van der Waals surface area (Å²) in [5.41, 5.74) is 1.26. The van der Waals surface area contributed by atoms with E-state index in [2.05, 4.69) is 0 Å². The zero-order chi connectivity index (χ0) is 22.8. The van der Waals surface area contributed by atoms with Crippen LogP contribution in [0, 0.1) is 0 Å². The number of aromatic carboxylic acids is 1. The fourth-order valence-electron chi connectivity index (χ4n) is 3.42. The van der Waals surface area contributed by atoms with Gasteiger partial charge >= 0.3 is 5.97 Å². The number of carboxylic acids is 1. The topological polar surface area (TPSA) is 95.0 Å². The molecule has 0 radical (unpaired) electrons. The molecular formula is C23H16N2O5S2. The van der Waals surface area contributed by atoms with Crippen molar-refractivity contribution in [2.45, 2.75) is 12.5 Å². The van der Waals surface area contributed by atoms with E-state index < -0.39 is 29.7 Å². The summed E-state index contributed by atoms with van der Waals surface area (Å²) >= 11 is 6.40. The zero-order valence-electron chi connectivity index (χ0n) is 16.5. The molecule has 2 aromatic carbocycles. The Morgan fingerprint density at radius 1 is 1.06 bits per heavy atom. The van der Waals surface area contributed by atoms with Crippen LogP contribution < -0.4 is 4.90 Å². The number of allylic oxidation sites excluding steroid dienone is 2. The van der Waals surface area contributed by atoms with Gasteiger partial charge < -0.3 is 5.11 Å². The lowest BCUT2D eigenvalue weighted by Crippen LogP contribution is -2.44. The molecule has 0 spiro atoms. The summed E-state index contributed by atoms with van der Waals surface area (Å²) < 4.78 is 0.212. The minimum Gasteiger partial charge on any atom is -0.478 e. The van der Waals surface area contributed by atoms with Gasteiger partial charge in [-0.3, -0.25) is 19.3 Å². The first kappa shape index (κ1) is 21.7. The van der Waals surface area contributed by atoms with E-state index in [4.69, 9.17) is 17.3 Å². The standard InChI is InChI=1S/C23H16N2O5S2/c26-19-13-17(20(27)24(19)16-11-9-15(10-12-16)22(29)30)25-21(28)18(32-23(25)31)8-4-7-14-5-2-1-3-6-14/h1-12,17H,13H2,(H,29,30)/b7-4+,18-8-/t17-/m0/s1. The van der Waals surface area contributed by atoms with Gasteiger partial charge in [-0.1, -0.05) is 66.5 Å². The molecular weight excluding hydrogens is 448 g/mol. The number of thioether (sulfide) groups is 1. The lowest BCUT2D eigenvalue weighted by Gasteiger charge is -2.21. The van der Waals surface area contributed by atoms with Crippen LogP contribution in [0.2, 0.25) is 0 Å². The Bertz CT molecular complexity index is 1190. The predicted molar refractivity (Wildman–Crippen MR) is 125 cm³/mol. The highest BCUT2D eigenvalue weighted by Crippen LogP contribution is 2.36. The molecule has 0 unspecified atom stereocenters. The summed E-state index contributed by atoms with van der Waals surface area (Å²) in [6.45, 7) is 0. The molecule has 2 aliphatic rings. The zero-order valence-corrected chi connectivity index (χ0v) is 18.1. The van der Waals surface area contributed by atoms with Gasteiger partial charge in [0.05, 0.1) is 22.6 Å². The summed E-state index contributed by atoms with van der Waals surface area (Å²) in [5, 5.41) is 9.02. The Morgan fingerprint density at radius 3 is 2.41 bits per heavy atom. The van der Waals surface area contributed by atoms with Crippen molar-refractivity contribution in [1.82, 2.24) is 4.90 Å². The highest BCUT2D eigenvalue weighted by molar-refractivity contribution is 8.26. The highest BCUT2D eigenvalue weighted by atomic mass is 32.2. The number of benzene rings is 2. The highest BCUT2D eigenvalue weighted by Gasteiger charge is 2.48. The summed E-state index contributed by atoms with van der Waals surface area (Å²) in [4.78, 5) is 52.1. The average molecular weight is 465 g/mol. The van der Waals surface area contributed by atoms with Crippen LogP contribution in [0.15, 0.2) is 71.7 Å². The molecule has 0 saturated carbocycles. The van der Waals surface area contributed by atoms with Gasteiger partial charge in [-0.2, -0.15) is 0 Å². The Labute approximate surface area is 193 Å². The number of rotatable bonds is 5. The van der Waals surface area contributed by atoms with Crippen LogP contribution in [0.3, 0.4) is 0 Å². The van der Waals surface area contributed by atoms with Crippen molar-refractivity contribution in [3.63, 3.8) is 0 Å². The molecule has 32 heavy (non-hydrogen) atoms. The van der Waals surface area contributed by atoms with Crippen molar-refractivity contribution in [1.29, 1.82) is 0 Å². The van der Waals surface area contributed by atoms with Gasteiger partial charge in [0, 0.05) is 0 Å². The fourth-order valence-corrected chi connectivity index (χ4v) is 4.72. The average Bonchev–Trinajstić information content (AvgIpc) is 3.22. The Hall–Kier alpha value is -3.56. The smallest absolute Gasteiger partial charge is 0.335 e. The molecule has 1 N–H and O–H groups in total. The van der Waals surface area contributed by atoms with E-state index in [1.807, 2.05) is 36.4 Å². The number of imide groups is 1. The maximum atomic E-state index is 13.0. The number of amides is 3. The van der Waals surface area contributed by atoms with E-state index in [1.54, 1.807) is 12.2 Å². The normalized spacial score (nSPS) is 20.2. The van der Waals surface area contributed by atoms with E-state index in [1.165, 1.54) is 29.2 Å². The first-order valence-corrected chi connectivity index (χ1v) is 10.8. The molecule has 2 heterocycles. The molecule has 0 aromatic heterocycles. The van der Waals surface area contributed by atoms with E-state index in [9.17, 15) is 19.2 Å². The van der Waals surface area contributed by atoms with E-state index in [-0.39, 0.29) is 22.0 Å². The lowest BCUT2D eigenvalue weighted by molar-refractivity contribution is -0.130. The quantitative estimate of drug-likeness (QED) is 0.411. The van der Waals surface area contributed by atoms with Crippen molar-refractivity contribution in [3.8, 4) is 0 Å². The Kier molecular flexibility index (Phi) is 6.02. The summed E-state index contributed by atoms with van der Waals surface area (Å²) in [6, 6.07) is 13.9. The first-order valence-electron chi connectivity index (χ1n) is 9.56. The molecule has 4 rings (SSSR count). The number of carbonyl (C=O) groups is 4. The number of anilines is 1. The summed E-state index contributed by atoms with van der Waals surface area (Å²) in [5.74, 6) is -2.59. The lowest BCUT2D eigenvalue weighted by atomic mass is 10.2. The Balaban J connectivity index is 1.52. The van der Waals surface area contributed by atoms with Gasteiger partial charge in [0.1, 0.15) is 10.4 Å². The number of thiocarbonyl (C=S) groups is 1. The van der Waals surface area contributed by atoms with Crippen molar-refractivity contribution < 1.29 is 24.3 Å². The van der Waals surface area contributed by atoms with Gasteiger partial charge in [-0.25, -0.2) is 9.69 Å². The van der Waals surface area contributed by atoms with Crippen LogP contribution >= 0.6 is 24.0 Å². The molecule has 2 saturated heterocycles. The molecule has 2 aliphatic heterocycles. The third-order valence-electron chi connectivity index (χ3n) is 4.97. The third-order valence-corrected chi connectivity index (χ3v) is 6.31. The third kappa shape index (κ3) is 4.12. The van der Waals surface area contributed by atoms with Gasteiger partial charge in [0.25, 0.3) is 11.8 Å². The van der Waals surface area contributed by atoms with Crippen molar-refractivity contribution in [2.75, 3.05) is 4.90 Å². The fraction of sp³-hybridized carbons (Fsp3) is 0.0870. The number of carbonyl (C=O) groups excluding carboxylic acids is 3. The molecule has 9 heteroatoms. The first-order chi connectivity index (χ1) is 15.4. The number of nitrogens with zero attached hydrogens (tertiary/aromatic N) is 2. The number of hydrogen-bond donors (Lipinski definition) is 1.